The van der Waals surface area contributed by atoms with Gasteiger partial charge in [-0.3, -0.25) is 0 Å². The lowest BCUT2D eigenvalue weighted by Gasteiger charge is -2.15. The average Bonchev–Trinajstić information content (AvgIpc) is 2.65. The van der Waals surface area contributed by atoms with Crippen molar-refractivity contribution in [1.29, 1.82) is 0 Å². The van der Waals surface area contributed by atoms with Crippen LogP contribution >= 0.6 is 0 Å². The molecule has 0 spiro atoms. The Balaban J connectivity index is 2.23. The third-order valence-electron chi connectivity index (χ3n) is 3.83. The van der Waals surface area contributed by atoms with E-state index in [4.69, 9.17) is 13.9 Å². The minimum atomic E-state index is -0.402. The SMILES string of the molecule is CCCOc1ccc2c(-c3ccccc3)cc(=O)oc2c1OCCC. The number of hydrogen-bond acceptors (Lipinski definition) is 4. The molecular formula is C21H22O4. The van der Waals surface area contributed by atoms with Crippen molar-refractivity contribution in [1.82, 2.24) is 0 Å². The van der Waals surface area contributed by atoms with E-state index < -0.39 is 5.63 Å². The van der Waals surface area contributed by atoms with Gasteiger partial charge < -0.3 is 13.9 Å². The van der Waals surface area contributed by atoms with Crippen molar-refractivity contribution in [3.05, 3.63) is 59.0 Å². The Labute approximate surface area is 147 Å². The normalized spacial score (nSPS) is 10.8. The molecule has 4 nitrogen and oxygen atoms in total. The van der Waals surface area contributed by atoms with Crippen LogP contribution in [0.2, 0.25) is 0 Å². The van der Waals surface area contributed by atoms with E-state index in [1.807, 2.05) is 56.3 Å². The highest BCUT2D eigenvalue weighted by Gasteiger charge is 2.17. The molecule has 130 valence electrons. The summed E-state index contributed by atoms with van der Waals surface area (Å²) in [5.74, 6) is 1.11. The zero-order valence-electron chi connectivity index (χ0n) is 14.6. The Bertz CT molecular complexity index is 897. The van der Waals surface area contributed by atoms with E-state index in [0.717, 1.165) is 29.4 Å². The van der Waals surface area contributed by atoms with Gasteiger partial charge in [0.05, 0.1) is 13.2 Å². The summed E-state index contributed by atoms with van der Waals surface area (Å²) in [5.41, 5.74) is 1.83. The molecule has 0 saturated heterocycles. The molecule has 2 aromatic carbocycles. The van der Waals surface area contributed by atoms with Gasteiger partial charge in [0.2, 0.25) is 5.75 Å². The highest BCUT2D eigenvalue weighted by atomic mass is 16.5. The molecule has 0 aliphatic carbocycles. The molecule has 0 fully saturated rings. The molecule has 3 aromatic rings. The molecule has 0 unspecified atom stereocenters. The predicted molar refractivity (Wildman–Crippen MR) is 99.5 cm³/mol. The highest BCUT2D eigenvalue weighted by molar-refractivity contribution is 5.97. The van der Waals surface area contributed by atoms with Crippen LogP contribution in [-0.2, 0) is 0 Å². The Hall–Kier alpha value is -2.75. The standard InChI is InChI=1S/C21H22O4/c1-3-12-23-18-11-10-16-17(15-8-6-5-7-9-15)14-19(22)25-20(16)21(18)24-13-4-2/h5-11,14H,3-4,12-13H2,1-2H3. The first kappa shape index (κ1) is 17.1. The Morgan fingerprint density at radius 1 is 0.920 bits per heavy atom. The maximum absolute atomic E-state index is 12.2. The molecule has 25 heavy (non-hydrogen) atoms. The lowest BCUT2D eigenvalue weighted by atomic mass is 10.0. The van der Waals surface area contributed by atoms with Crippen LogP contribution in [0.25, 0.3) is 22.1 Å². The number of ether oxygens (including phenoxy) is 2. The molecular weight excluding hydrogens is 316 g/mol. The van der Waals surface area contributed by atoms with Gasteiger partial charge in [0.1, 0.15) is 0 Å². The first-order valence-corrected chi connectivity index (χ1v) is 8.66. The minimum Gasteiger partial charge on any atom is -0.490 e. The van der Waals surface area contributed by atoms with E-state index in [1.54, 1.807) is 0 Å². The van der Waals surface area contributed by atoms with Gasteiger partial charge in [-0.2, -0.15) is 0 Å². The van der Waals surface area contributed by atoms with Gasteiger partial charge in [-0.05, 0) is 36.1 Å². The van der Waals surface area contributed by atoms with E-state index in [0.29, 0.717) is 30.3 Å². The van der Waals surface area contributed by atoms with E-state index in [2.05, 4.69) is 0 Å². The van der Waals surface area contributed by atoms with Gasteiger partial charge in [0.15, 0.2) is 11.3 Å². The van der Waals surface area contributed by atoms with Crippen molar-refractivity contribution in [2.24, 2.45) is 0 Å². The Morgan fingerprint density at radius 3 is 2.36 bits per heavy atom. The quantitative estimate of drug-likeness (QED) is 0.566. The minimum absolute atomic E-state index is 0.402. The second-order valence-electron chi connectivity index (χ2n) is 5.81. The van der Waals surface area contributed by atoms with E-state index in [1.165, 1.54) is 6.07 Å². The topological polar surface area (TPSA) is 48.7 Å². The highest BCUT2D eigenvalue weighted by Crippen LogP contribution is 2.39. The molecule has 0 aliphatic heterocycles. The lowest BCUT2D eigenvalue weighted by Crippen LogP contribution is -2.04. The summed E-state index contributed by atoms with van der Waals surface area (Å²) in [4.78, 5) is 12.2. The Morgan fingerprint density at radius 2 is 1.64 bits per heavy atom. The number of benzene rings is 2. The summed E-state index contributed by atoms with van der Waals surface area (Å²) < 4.78 is 17.2. The van der Waals surface area contributed by atoms with Crippen molar-refractivity contribution < 1.29 is 13.9 Å². The van der Waals surface area contributed by atoms with E-state index >= 15 is 0 Å². The van der Waals surface area contributed by atoms with Gasteiger partial charge in [-0.25, -0.2) is 4.79 Å². The van der Waals surface area contributed by atoms with E-state index in [-0.39, 0.29) is 0 Å². The number of rotatable bonds is 7. The van der Waals surface area contributed by atoms with E-state index in [9.17, 15) is 4.79 Å². The third kappa shape index (κ3) is 3.68. The molecule has 3 rings (SSSR count). The molecule has 0 radical (unpaired) electrons. The fraction of sp³-hybridized carbons (Fsp3) is 0.286. The summed E-state index contributed by atoms with van der Waals surface area (Å²) in [6, 6.07) is 15.1. The molecule has 0 saturated carbocycles. The van der Waals surface area contributed by atoms with Crippen LogP contribution in [0.15, 0.2) is 57.7 Å². The van der Waals surface area contributed by atoms with Gasteiger partial charge in [0.25, 0.3) is 0 Å². The molecule has 0 atom stereocenters. The van der Waals surface area contributed by atoms with Gasteiger partial charge in [-0.15, -0.1) is 0 Å². The third-order valence-corrected chi connectivity index (χ3v) is 3.83. The van der Waals surface area contributed by atoms with Gasteiger partial charge in [-0.1, -0.05) is 44.2 Å². The van der Waals surface area contributed by atoms with Crippen LogP contribution in [0.4, 0.5) is 0 Å². The van der Waals surface area contributed by atoms with Crippen LogP contribution in [0.5, 0.6) is 11.5 Å². The van der Waals surface area contributed by atoms with Crippen molar-refractivity contribution in [2.75, 3.05) is 13.2 Å². The molecule has 1 heterocycles. The maximum Gasteiger partial charge on any atom is 0.336 e. The van der Waals surface area contributed by atoms with Gasteiger partial charge >= 0.3 is 5.63 Å². The summed E-state index contributed by atoms with van der Waals surface area (Å²) in [6.45, 7) is 5.18. The van der Waals surface area contributed by atoms with Crippen LogP contribution in [-0.4, -0.2) is 13.2 Å². The molecule has 0 amide bonds. The zero-order valence-corrected chi connectivity index (χ0v) is 14.6. The van der Waals surface area contributed by atoms with Crippen molar-refractivity contribution in [3.63, 3.8) is 0 Å². The maximum atomic E-state index is 12.2. The molecule has 0 bridgehead atoms. The van der Waals surface area contributed by atoms with Crippen LogP contribution in [0, 0.1) is 0 Å². The fourth-order valence-electron chi connectivity index (χ4n) is 2.71. The first-order chi connectivity index (χ1) is 12.2. The smallest absolute Gasteiger partial charge is 0.336 e. The first-order valence-electron chi connectivity index (χ1n) is 8.66. The zero-order chi connectivity index (χ0) is 17.6. The van der Waals surface area contributed by atoms with Crippen LogP contribution in [0.1, 0.15) is 26.7 Å². The number of hydrogen-bond donors (Lipinski definition) is 0. The van der Waals surface area contributed by atoms with Crippen molar-refractivity contribution >= 4 is 11.0 Å². The average molecular weight is 338 g/mol. The summed E-state index contributed by atoms with van der Waals surface area (Å²) in [6.07, 6.45) is 1.74. The molecule has 0 N–H and O–H groups in total. The van der Waals surface area contributed by atoms with Crippen LogP contribution < -0.4 is 15.1 Å². The molecule has 4 heteroatoms. The van der Waals surface area contributed by atoms with Crippen molar-refractivity contribution in [2.45, 2.75) is 26.7 Å². The fourth-order valence-corrected chi connectivity index (χ4v) is 2.71. The molecule has 0 aliphatic rings. The van der Waals surface area contributed by atoms with Crippen LogP contribution in [0.3, 0.4) is 0 Å². The Kier molecular flexibility index (Phi) is 5.39. The predicted octanol–water partition coefficient (Wildman–Crippen LogP) is 5.04. The van der Waals surface area contributed by atoms with Crippen molar-refractivity contribution in [3.8, 4) is 22.6 Å². The summed E-state index contributed by atoms with van der Waals surface area (Å²) in [7, 11) is 0. The molecule has 1 aromatic heterocycles. The summed E-state index contributed by atoms with van der Waals surface area (Å²) in [5, 5.41) is 0.834. The lowest BCUT2D eigenvalue weighted by molar-refractivity contribution is 0.267. The summed E-state index contributed by atoms with van der Waals surface area (Å²) >= 11 is 0. The largest absolute Gasteiger partial charge is 0.490 e. The monoisotopic (exact) mass is 338 g/mol. The number of fused-ring (bicyclic) bond motifs is 1. The second-order valence-corrected chi connectivity index (χ2v) is 5.81. The second kappa shape index (κ2) is 7.88. The van der Waals surface area contributed by atoms with Gasteiger partial charge in [0, 0.05) is 11.5 Å².